The first-order valence-electron chi connectivity index (χ1n) is 6.11. The van der Waals surface area contributed by atoms with Gasteiger partial charge in [-0.2, -0.15) is 4.31 Å². The Bertz CT molecular complexity index is 468. The molecular formula is C12H18ClNO2S2. The Balaban J connectivity index is 2.09. The van der Waals surface area contributed by atoms with Gasteiger partial charge in [-0.05, 0) is 30.2 Å². The van der Waals surface area contributed by atoms with Gasteiger partial charge in [0.2, 0.25) is 10.0 Å². The molecule has 1 aliphatic rings. The Labute approximate surface area is 118 Å². The highest BCUT2D eigenvalue weighted by Gasteiger charge is 2.37. The molecule has 1 unspecified atom stereocenters. The molecule has 1 fully saturated rings. The molecule has 0 radical (unpaired) electrons. The lowest BCUT2D eigenvalue weighted by Gasteiger charge is -2.22. The second-order valence-corrected chi connectivity index (χ2v) is 8.20. The molecule has 0 N–H and O–H groups in total. The number of sulfonamides is 1. The molecule has 0 saturated heterocycles. The van der Waals surface area contributed by atoms with Crippen LogP contribution >= 0.6 is 22.9 Å². The Hall–Kier alpha value is -0.100. The molecule has 3 nitrogen and oxygen atoms in total. The van der Waals surface area contributed by atoms with E-state index < -0.39 is 10.0 Å². The zero-order valence-corrected chi connectivity index (χ0v) is 12.8. The van der Waals surface area contributed by atoms with Crippen molar-refractivity contribution in [3.8, 4) is 0 Å². The van der Waals surface area contributed by atoms with Gasteiger partial charge in [-0.1, -0.05) is 13.0 Å². The van der Waals surface area contributed by atoms with Crippen LogP contribution in [0.5, 0.6) is 0 Å². The van der Waals surface area contributed by atoms with Crippen LogP contribution in [0.1, 0.15) is 24.6 Å². The zero-order chi connectivity index (χ0) is 13.2. The highest BCUT2D eigenvalue weighted by atomic mass is 35.5. The van der Waals surface area contributed by atoms with Crippen molar-refractivity contribution >= 4 is 33.0 Å². The van der Waals surface area contributed by atoms with Crippen LogP contribution in [0.2, 0.25) is 0 Å². The molecule has 1 heterocycles. The van der Waals surface area contributed by atoms with Gasteiger partial charge in [-0.15, -0.1) is 22.9 Å². The standard InChI is InChI=1S/C12H18ClNO2S2/c1-10(7-13)9-18(15,16)14(11-4-5-11)8-12-3-2-6-17-12/h2-3,6,10-11H,4-5,7-9H2,1H3. The number of alkyl halides is 1. The lowest BCUT2D eigenvalue weighted by molar-refractivity contribution is 0.397. The first kappa shape index (κ1) is 14.3. The van der Waals surface area contributed by atoms with Gasteiger partial charge >= 0.3 is 0 Å². The number of hydrogen-bond donors (Lipinski definition) is 0. The first-order valence-corrected chi connectivity index (χ1v) is 9.13. The van der Waals surface area contributed by atoms with Crippen molar-refractivity contribution in [3.63, 3.8) is 0 Å². The van der Waals surface area contributed by atoms with Crippen LogP contribution in [0, 0.1) is 5.92 Å². The number of halogens is 1. The average Bonchev–Trinajstić information content (AvgIpc) is 3.02. The van der Waals surface area contributed by atoms with E-state index in [1.54, 1.807) is 15.6 Å². The maximum atomic E-state index is 12.4. The van der Waals surface area contributed by atoms with E-state index in [1.807, 2.05) is 24.4 Å². The van der Waals surface area contributed by atoms with Crippen LogP contribution in [0.3, 0.4) is 0 Å². The molecular weight excluding hydrogens is 290 g/mol. The van der Waals surface area contributed by atoms with Crippen molar-refractivity contribution < 1.29 is 8.42 Å². The molecule has 0 bridgehead atoms. The van der Waals surface area contributed by atoms with E-state index >= 15 is 0 Å². The summed E-state index contributed by atoms with van der Waals surface area (Å²) >= 11 is 7.32. The lowest BCUT2D eigenvalue weighted by Crippen LogP contribution is -2.36. The van der Waals surface area contributed by atoms with Crippen LogP contribution < -0.4 is 0 Å². The first-order chi connectivity index (χ1) is 8.53. The normalized spacial score (nSPS) is 18.2. The third-order valence-electron chi connectivity index (χ3n) is 2.96. The van der Waals surface area contributed by atoms with E-state index in [9.17, 15) is 8.42 Å². The Kier molecular flexibility index (Phi) is 4.69. The molecule has 0 spiro atoms. The largest absolute Gasteiger partial charge is 0.214 e. The van der Waals surface area contributed by atoms with Crippen molar-refractivity contribution in [2.45, 2.75) is 32.4 Å². The summed E-state index contributed by atoms with van der Waals surface area (Å²) in [7, 11) is -3.19. The van der Waals surface area contributed by atoms with Gasteiger partial charge in [0, 0.05) is 23.3 Å². The fourth-order valence-electron chi connectivity index (χ4n) is 1.87. The summed E-state index contributed by atoms with van der Waals surface area (Å²) in [5, 5.41) is 1.98. The summed E-state index contributed by atoms with van der Waals surface area (Å²) in [6.45, 7) is 2.39. The summed E-state index contributed by atoms with van der Waals surface area (Å²) in [6.07, 6.45) is 1.97. The fraction of sp³-hybridized carbons (Fsp3) is 0.667. The van der Waals surface area contributed by atoms with E-state index in [1.165, 1.54) is 0 Å². The SMILES string of the molecule is CC(CCl)CS(=O)(=O)N(Cc1cccs1)C1CC1. The third kappa shape index (κ3) is 3.70. The second kappa shape index (κ2) is 5.90. The zero-order valence-electron chi connectivity index (χ0n) is 10.4. The van der Waals surface area contributed by atoms with Crippen molar-refractivity contribution in [2.24, 2.45) is 5.92 Å². The number of nitrogens with zero attached hydrogens (tertiary/aromatic N) is 1. The van der Waals surface area contributed by atoms with Crippen molar-refractivity contribution in [3.05, 3.63) is 22.4 Å². The predicted molar refractivity (Wildman–Crippen MR) is 76.6 cm³/mol. The van der Waals surface area contributed by atoms with Crippen LogP contribution in [-0.2, 0) is 16.6 Å². The minimum absolute atomic E-state index is 0.00116. The quantitative estimate of drug-likeness (QED) is 0.726. The van der Waals surface area contributed by atoms with E-state index in [2.05, 4.69) is 0 Å². The lowest BCUT2D eigenvalue weighted by atomic mass is 10.3. The van der Waals surface area contributed by atoms with Crippen LogP contribution in [0.25, 0.3) is 0 Å². The average molecular weight is 308 g/mol. The highest BCUT2D eigenvalue weighted by molar-refractivity contribution is 7.89. The molecule has 102 valence electrons. The van der Waals surface area contributed by atoms with Gasteiger partial charge < -0.3 is 0 Å². The number of thiophene rings is 1. The molecule has 1 aliphatic carbocycles. The van der Waals surface area contributed by atoms with E-state index in [0.717, 1.165) is 17.7 Å². The maximum Gasteiger partial charge on any atom is 0.214 e. The minimum atomic E-state index is -3.19. The topological polar surface area (TPSA) is 37.4 Å². The Morgan fingerprint density at radius 2 is 2.28 bits per heavy atom. The predicted octanol–water partition coefficient (Wildman–Crippen LogP) is 2.92. The number of rotatable bonds is 7. The van der Waals surface area contributed by atoms with E-state index in [0.29, 0.717) is 12.4 Å². The van der Waals surface area contributed by atoms with Gasteiger partial charge in [0.15, 0.2) is 0 Å². The Morgan fingerprint density at radius 1 is 1.56 bits per heavy atom. The van der Waals surface area contributed by atoms with Crippen LogP contribution in [-0.4, -0.2) is 30.4 Å². The molecule has 1 atom stereocenters. The smallest absolute Gasteiger partial charge is 0.212 e. The molecule has 6 heteroatoms. The van der Waals surface area contributed by atoms with E-state index in [-0.39, 0.29) is 17.7 Å². The summed E-state index contributed by atoms with van der Waals surface area (Å²) in [5.74, 6) is 0.538. The molecule has 0 amide bonds. The summed E-state index contributed by atoms with van der Waals surface area (Å²) in [5.41, 5.74) is 0. The minimum Gasteiger partial charge on any atom is -0.212 e. The van der Waals surface area contributed by atoms with Crippen molar-refractivity contribution in [2.75, 3.05) is 11.6 Å². The molecule has 0 aromatic carbocycles. The molecule has 1 aromatic rings. The van der Waals surface area contributed by atoms with E-state index in [4.69, 9.17) is 11.6 Å². The molecule has 1 saturated carbocycles. The number of hydrogen-bond acceptors (Lipinski definition) is 3. The summed E-state index contributed by atoms with van der Waals surface area (Å²) < 4.78 is 26.4. The van der Waals surface area contributed by atoms with Crippen molar-refractivity contribution in [1.82, 2.24) is 4.31 Å². The molecule has 1 aromatic heterocycles. The molecule has 0 aliphatic heterocycles. The molecule has 18 heavy (non-hydrogen) atoms. The Morgan fingerprint density at radius 3 is 2.78 bits per heavy atom. The second-order valence-electron chi connectivity index (χ2n) is 4.89. The monoisotopic (exact) mass is 307 g/mol. The van der Waals surface area contributed by atoms with Gasteiger partial charge in [-0.3, -0.25) is 0 Å². The van der Waals surface area contributed by atoms with Gasteiger partial charge in [0.25, 0.3) is 0 Å². The van der Waals surface area contributed by atoms with Crippen LogP contribution in [0.4, 0.5) is 0 Å². The van der Waals surface area contributed by atoms with Gasteiger partial charge in [0.1, 0.15) is 0 Å². The summed E-state index contributed by atoms with van der Waals surface area (Å²) in [6, 6.07) is 4.15. The maximum absolute atomic E-state index is 12.4. The van der Waals surface area contributed by atoms with Gasteiger partial charge in [-0.25, -0.2) is 8.42 Å². The van der Waals surface area contributed by atoms with Gasteiger partial charge in [0.05, 0.1) is 5.75 Å². The highest BCUT2D eigenvalue weighted by Crippen LogP contribution is 2.32. The van der Waals surface area contributed by atoms with Crippen molar-refractivity contribution in [1.29, 1.82) is 0 Å². The third-order valence-corrected chi connectivity index (χ3v) is 6.48. The fourth-order valence-corrected chi connectivity index (χ4v) is 4.93. The molecule has 2 rings (SSSR count). The summed E-state index contributed by atoms with van der Waals surface area (Å²) in [4.78, 5) is 1.10. The van der Waals surface area contributed by atoms with Crippen LogP contribution in [0.15, 0.2) is 17.5 Å².